The van der Waals surface area contributed by atoms with Gasteiger partial charge in [0.15, 0.2) is 0 Å². The summed E-state index contributed by atoms with van der Waals surface area (Å²) in [6.45, 7) is 4.21. The zero-order valence-electron chi connectivity index (χ0n) is 8.71. The molecule has 1 saturated heterocycles. The maximum absolute atomic E-state index is 10.4. The number of rotatable bonds is 1. The highest BCUT2D eigenvalue weighted by Gasteiger charge is 2.33. The number of aliphatic hydroxyl groups is 1. The molecule has 1 fully saturated rings. The summed E-state index contributed by atoms with van der Waals surface area (Å²) >= 11 is 1.84. The predicted octanol–water partition coefficient (Wildman–Crippen LogP) is 2.63. The van der Waals surface area contributed by atoms with Gasteiger partial charge in [0.2, 0.25) is 0 Å². The number of hydrogen-bond donors (Lipinski definition) is 1. The molecule has 0 aromatic heterocycles. The lowest BCUT2D eigenvalue weighted by Gasteiger charge is -2.22. The molecule has 0 aliphatic carbocycles. The Bertz CT molecular complexity index is 340. The first-order chi connectivity index (χ1) is 6.62. The van der Waals surface area contributed by atoms with Crippen LogP contribution in [-0.4, -0.2) is 16.6 Å². The first-order valence-electron chi connectivity index (χ1n) is 5.00. The van der Waals surface area contributed by atoms with Gasteiger partial charge in [-0.3, -0.25) is 0 Å². The lowest BCUT2D eigenvalue weighted by atomic mass is 9.91. The van der Waals surface area contributed by atoms with Crippen molar-refractivity contribution in [1.29, 1.82) is 0 Å². The van der Waals surface area contributed by atoms with Crippen molar-refractivity contribution in [1.82, 2.24) is 0 Å². The maximum Gasteiger partial charge on any atom is 0.0994 e. The molecule has 1 aromatic rings. The Hall–Kier alpha value is -0.470. The molecule has 2 rings (SSSR count). The minimum Gasteiger partial charge on any atom is -0.384 e. The van der Waals surface area contributed by atoms with Crippen LogP contribution in [-0.2, 0) is 5.60 Å². The smallest absolute Gasteiger partial charge is 0.0994 e. The summed E-state index contributed by atoms with van der Waals surface area (Å²) in [5.41, 5.74) is 3.09. The highest BCUT2D eigenvalue weighted by atomic mass is 32.2. The Morgan fingerprint density at radius 2 is 2.07 bits per heavy atom. The standard InChI is InChI=1S/C12H16OS/c1-9-3-4-11(7-10(9)2)12(13)5-6-14-8-12/h3-4,7,13H,5-6,8H2,1-2H3. The molecule has 0 saturated carbocycles. The summed E-state index contributed by atoms with van der Waals surface area (Å²) in [7, 11) is 0. The zero-order valence-corrected chi connectivity index (χ0v) is 9.53. The number of benzene rings is 1. The van der Waals surface area contributed by atoms with Crippen molar-refractivity contribution in [2.75, 3.05) is 11.5 Å². The average Bonchev–Trinajstić information content (AvgIpc) is 2.58. The van der Waals surface area contributed by atoms with Crippen molar-refractivity contribution < 1.29 is 5.11 Å². The molecule has 0 amide bonds. The van der Waals surface area contributed by atoms with E-state index in [4.69, 9.17) is 0 Å². The van der Waals surface area contributed by atoms with Crippen LogP contribution in [0.3, 0.4) is 0 Å². The SMILES string of the molecule is Cc1ccc(C2(O)CCSC2)cc1C. The van der Waals surface area contributed by atoms with Gasteiger partial charge in [-0.05, 0) is 42.7 Å². The second kappa shape index (κ2) is 3.59. The third-order valence-corrected chi connectivity index (χ3v) is 4.22. The monoisotopic (exact) mass is 208 g/mol. The summed E-state index contributed by atoms with van der Waals surface area (Å²) in [4.78, 5) is 0. The molecule has 0 spiro atoms. The number of thioether (sulfide) groups is 1. The van der Waals surface area contributed by atoms with Gasteiger partial charge in [-0.25, -0.2) is 0 Å². The molecule has 2 heteroatoms. The molecule has 1 aromatic carbocycles. The maximum atomic E-state index is 10.4. The van der Waals surface area contributed by atoms with Crippen molar-refractivity contribution in [2.45, 2.75) is 25.9 Å². The van der Waals surface area contributed by atoms with Gasteiger partial charge in [0.25, 0.3) is 0 Å². The van der Waals surface area contributed by atoms with Crippen LogP contribution in [0.25, 0.3) is 0 Å². The van der Waals surface area contributed by atoms with E-state index in [1.54, 1.807) is 0 Å². The quantitative estimate of drug-likeness (QED) is 0.765. The van der Waals surface area contributed by atoms with Gasteiger partial charge in [-0.2, -0.15) is 11.8 Å². The van der Waals surface area contributed by atoms with E-state index >= 15 is 0 Å². The van der Waals surface area contributed by atoms with Crippen LogP contribution >= 0.6 is 11.8 Å². The van der Waals surface area contributed by atoms with Crippen molar-refractivity contribution in [3.63, 3.8) is 0 Å². The van der Waals surface area contributed by atoms with Crippen LogP contribution in [0.5, 0.6) is 0 Å². The van der Waals surface area contributed by atoms with E-state index in [0.717, 1.165) is 23.5 Å². The van der Waals surface area contributed by atoms with E-state index in [9.17, 15) is 5.11 Å². The number of aryl methyl sites for hydroxylation is 2. The molecule has 1 aliphatic rings. The van der Waals surface area contributed by atoms with Crippen molar-refractivity contribution in [2.24, 2.45) is 0 Å². The van der Waals surface area contributed by atoms with Crippen molar-refractivity contribution >= 4 is 11.8 Å². The average molecular weight is 208 g/mol. The summed E-state index contributed by atoms with van der Waals surface area (Å²) in [6, 6.07) is 6.29. The topological polar surface area (TPSA) is 20.2 Å². The van der Waals surface area contributed by atoms with E-state index in [1.807, 2.05) is 11.8 Å². The molecule has 0 radical (unpaired) electrons. The molecule has 0 bridgehead atoms. The molecule has 1 aliphatic heterocycles. The van der Waals surface area contributed by atoms with Gasteiger partial charge in [-0.15, -0.1) is 0 Å². The van der Waals surface area contributed by atoms with E-state index in [-0.39, 0.29) is 0 Å². The Balaban J connectivity index is 2.36. The largest absolute Gasteiger partial charge is 0.384 e. The first-order valence-corrected chi connectivity index (χ1v) is 6.15. The van der Waals surface area contributed by atoms with Gasteiger partial charge in [0.05, 0.1) is 5.60 Å². The molecule has 1 nitrogen and oxygen atoms in total. The van der Waals surface area contributed by atoms with E-state index in [0.29, 0.717) is 0 Å². The van der Waals surface area contributed by atoms with Gasteiger partial charge < -0.3 is 5.11 Å². The third kappa shape index (κ3) is 1.69. The molecule has 1 heterocycles. The third-order valence-electron chi connectivity index (χ3n) is 3.05. The fourth-order valence-corrected chi connectivity index (χ4v) is 3.09. The lowest BCUT2D eigenvalue weighted by Crippen LogP contribution is -2.24. The van der Waals surface area contributed by atoms with Gasteiger partial charge in [0, 0.05) is 5.75 Å². The minimum atomic E-state index is -0.566. The van der Waals surface area contributed by atoms with Gasteiger partial charge >= 0.3 is 0 Å². The zero-order chi connectivity index (χ0) is 10.2. The Morgan fingerprint density at radius 1 is 1.29 bits per heavy atom. The lowest BCUT2D eigenvalue weighted by molar-refractivity contribution is 0.0657. The van der Waals surface area contributed by atoms with Gasteiger partial charge in [-0.1, -0.05) is 18.2 Å². The van der Waals surface area contributed by atoms with Crippen molar-refractivity contribution in [3.8, 4) is 0 Å². The van der Waals surface area contributed by atoms with E-state index in [1.165, 1.54) is 11.1 Å². The molecular weight excluding hydrogens is 192 g/mol. The van der Waals surface area contributed by atoms with Crippen molar-refractivity contribution in [3.05, 3.63) is 34.9 Å². The summed E-state index contributed by atoms with van der Waals surface area (Å²) < 4.78 is 0. The Kier molecular flexibility index (Phi) is 2.58. The van der Waals surface area contributed by atoms with Gasteiger partial charge in [0.1, 0.15) is 0 Å². The van der Waals surface area contributed by atoms with Crippen LogP contribution in [0.15, 0.2) is 18.2 Å². The second-order valence-electron chi connectivity index (χ2n) is 4.13. The Morgan fingerprint density at radius 3 is 2.64 bits per heavy atom. The molecule has 76 valence electrons. The Labute approximate surface area is 89.5 Å². The van der Waals surface area contributed by atoms with Crippen LogP contribution in [0.1, 0.15) is 23.1 Å². The van der Waals surface area contributed by atoms with E-state index in [2.05, 4.69) is 32.0 Å². The number of hydrogen-bond acceptors (Lipinski definition) is 2. The highest BCUT2D eigenvalue weighted by Crippen LogP contribution is 2.37. The molecule has 1 N–H and O–H groups in total. The molecule has 1 atom stereocenters. The van der Waals surface area contributed by atoms with Crippen LogP contribution in [0.4, 0.5) is 0 Å². The normalized spacial score (nSPS) is 26.8. The van der Waals surface area contributed by atoms with Crippen LogP contribution < -0.4 is 0 Å². The molecular formula is C12H16OS. The molecule has 14 heavy (non-hydrogen) atoms. The predicted molar refractivity (Wildman–Crippen MR) is 61.8 cm³/mol. The summed E-state index contributed by atoms with van der Waals surface area (Å²) in [5.74, 6) is 1.92. The molecule has 1 unspecified atom stereocenters. The van der Waals surface area contributed by atoms with Crippen LogP contribution in [0.2, 0.25) is 0 Å². The minimum absolute atomic E-state index is 0.566. The summed E-state index contributed by atoms with van der Waals surface area (Å²) in [5, 5.41) is 10.4. The van der Waals surface area contributed by atoms with Crippen LogP contribution in [0, 0.1) is 13.8 Å². The van der Waals surface area contributed by atoms with E-state index < -0.39 is 5.60 Å². The highest BCUT2D eigenvalue weighted by molar-refractivity contribution is 7.99. The summed E-state index contributed by atoms with van der Waals surface area (Å²) in [6.07, 6.45) is 0.889. The first kappa shape index (κ1) is 10.1. The second-order valence-corrected chi connectivity index (χ2v) is 5.24. The fraction of sp³-hybridized carbons (Fsp3) is 0.500. The fourth-order valence-electron chi connectivity index (χ4n) is 1.81.